The lowest BCUT2D eigenvalue weighted by Gasteiger charge is -2.27. The van der Waals surface area contributed by atoms with Gasteiger partial charge in [0, 0.05) is 19.6 Å². The standard InChI is InChI=1S/C18H19NO.3C2H6/c20-18-9-8-17-14-19(12-10-16(17)13-18)11-4-7-15-5-2-1-3-6-15;3*1-2/h1-9,13,20H,10-12,14H2;3*1-2H3/b7-4+;;;. The fourth-order valence-electron chi connectivity index (χ4n) is 2.66. The van der Waals surface area contributed by atoms with Crippen molar-refractivity contribution in [2.45, 2.75) is 54.5 Å². The molecular weight excluding hydrogens is 318 g/mol. The first-order chi connectivity index (χ1) is 12.8. The summed E-state index contributed by atoms with van der Waals surface area (Å²) in [7, 11) is 0. The predicted octanol–water partition coefficient (Wildman–Crippen LogP) is 6.54. The minimum Gasteiger partial charge on any atom is -0.508 e. The van der Waals surface area contributed by atoms with Crippen molar-refractivity contribution in [3.8, 4) is 5.75 Å². The van der Waals surface area contributed by atoms with Gasteiger partial charge in [-0.2, -0.15) is 0 Å². The molecule has 144 valence electrons. The fraction of sp³-hybridized carbons (Fsp3) is 0.417. The van der Waals surface area contributed by atoms with Gasteiger partial charge in [0.2, 0.25) is 0 Å². The molecule has 2 nitrogen and oxygen atoms in total. The average molecular weight is 356 g/mol. The topological polar surface area (TPSA) is 23.5 Å². The number of nitrogens with zero attached hydrogens (tertiary/aromatic N) is 1. The van der Waals surface area contributed by atoms with Gasteiger partial charge in [0.05, 0.1) is 0 Å². The van der Waals surface area contributed by atoms with E-state index in [0.717, 1.165) is 26.1 Å². The van der Waals surface area contributed by atoms with Gasteiger partial charge in [-0.15, -0.1) is 0 Å². The summed E-state index contributed by atoms with van der Waals surface area (Å²) in [6.45, 7) is 15.0. The molecule has 0 aliphatic carbocycles. The number of hydrogen-bond donors (Lipinski definition) is 1. The van der Waals surface area contributed by atoms with Crippen molar-refractivity contribution in [1.82, 2.24) is 4.90 Å². The van der Waals surface area contributed by atoms with E-state index < -0.39 is 0 Å². The Balaban J connectivity index is 0.000000948. The van der Waals surface area contributed by atoms with E-state index in [9.17, 15) is 5.11 Å². The summed E-state index contributed by atoms with van der Waals surface area (Å²) < 4.78 is 0. The van der Waals surface area contributed by atoms with Crippen LogP contribution in [0, 0.1) is 0 Å². The maximum absolute atomic E-state index is 9.50. The van der Waals surface area contributed by atoms with Crippen molar-refractivity contribution in [2.24, 2.45) is 0 Å². The highest BCUT2D eigenvalue weighted by Crippen LogP contribution is 2.22. The summed E-state index contributed by atoms with van der Waals surface area (Å²) in [5.74, 6) is 0.376. The summed E-state index contributed by atoms with van der Waals surface area (Å²) in [5, 5.41) is 9.50. The summed E-state index contributed by atoms with van der Waals surface area (Å²) in [5.41, 5.74) is 3.87. The van der Waals surface area contributed by atoms with Gasteiger partial charge in [0.25, 0.3) is 0 Å². The van der Waals surface area contributed by atoms with Gasteiger partial charge in [0.15, 0.2) is 0 Å². The van der Waals surface area contributed by atoms with Crippen LogP contribution in [0.15, 0.2) is 54.6 Å². The van der Waals surface area contributed by atoms with Crippen LogP contribution < -0.4 is 0 Å². The molecule has 26 heavy (non-hydrogen) atoms. The Morgan fingerprint density at radius 1 is 0.885 bits per heavy atom. The molecule has 1 aliphatic rings. The number of rotatable bonds is 3. The van der Waals surface area contributed by atoms with Crippen LogP contribution in [0.3, 0.4) is 0 Å². The molecule has 2 aromatic rings. The van der Waals surface area contributed by atoms with E-state index in [2.05, 4.69) is 41.3 Å². The highest BCUT2D eigenvalue weighted by molar-refractivity contribution is 5.48. The lowest BCUT2D eigenvalue weighted by atomic mass is 9.99. The van der Waals surface area contributed by atoms with Gasteiger partial charge in [-0.05, 0) is 35.2 Å². The minimum absolute atomic E-state index is 0.376. The lowest BCUT2D eigenvalue weighted by Crippen LogP contribution is -2.30. The molecule has 0 amide bonds. The maximum atomic E-state index is 9.50. The number of phenols is 1. The second-order valence-electron chi connectivity index (χ2n) is 5.25. The van der Waals surface area contributed by atoms with Crippen molar-refractivity contribution in [2.75, 3.05) is 13.1 Å². The first-order valence-electron chi connectivity index (χ1n) is 10.1. The van der Waals surface area contributed by atoms with Crippen LogP contribution >= 0.6 is 0 Å². The maximum Gasteiger partial charge on any atom is 0.115 e. The van der Waals surface area contributed by atoms with Crippen LogP contribution in [0.4, 0.5) is 0 Å². The molecule has 0 bridgehead atoms. The third-order valence-corrected chi connectivity index (χ3v) is 3.75. The smallest absolute Gasteiger partial charge is 0.115 e. The molecule has 1 heterocycles. The second kappa shape index (κ2) is 15.2. The number of benzene rings is 2. The fourth-order valence-corrected chi connectivity index (χ4v) is 2.66. The van der Waals surface area contributed by atoms with Crippen molar-refractivity contribution in [3.63, 3.8) is 0 Å². The third-order valence-electron chi connectivity index (χ3n) is 3.75. The summed E-state index contributed by atoms with van der Waals surface area (Å²) in [6.07, 6.45) is 5.41. The Hall–Kier alpha value is -2.06. The molecule has 0 radical (unpaired) electrons. The molecule has 0 saturated heterocycles. The number of aromatic hydroxyl groups is 1. The molecule has 0 saturated carbocycles. The van der Waals surface area contributed by atoms with Crippen LogP contribution in [0.1, 0.15) is 58.2 Å². The zero-order valence-electron chi connectivity index (χ0n) is 17.5. The molecule has 2 heteroatoms. The third kappa shape index (κ3) is 8.35. The summed E-state index contributed by atoms with van der Waals surface area (Å²) >= 11 is 0. The Kier molecular flexibility index (Phi) is 14.0. The van der Waals surface area contributed by atoms with Gasteiger partial charge in [-0.25, -0.2) is 0 Å². The molecule has 0 atom stereocenters. The number of hydrogen-bond acceptors (Lipinski definition) is 2. The zero-order valence-corrected chi connectivity index (χ0v) is 17.5. The van der Waals surface area contributed by atoms with Gasteiger partial charge in [-0.1, -0.05) is 90.1 Å². The van der Waals surface area contributed by atoms with Crippen LogP contribution in [-0.4, -0.2) is 23.1 Å². The SMILES string of the molecule is CC.CC.CC.Oc1ccc2c(c1)CCN(C/C=C/c1ccccc1)C2. The minimum atomic E-state index is 0.376. The summed E-state index contributed by atoms with van der Waals surface area (Å²) in [6, 6.07) is 16.1. The van der Waals surface area contributed by atoms with Gasteiger partial charge < -0.3 is 5.11 Å². The molecule has 0 fully saturated rings. The van der Waals surface area contributed by atoms with Gasteiger partial charge in [0.1, 0.15) is 5.75 Å². The molecule has 0 unspecified atom stereocenters. The molecule has 1 aliphatic heterocycles. The Morgan fingerprint density at radius 3 is 2.19 bits per heavy atom. The largest absolute Gasteiger partial charge is 0.508 e. The van der Waals surface area contributed by atoms with E-state index in [1.807, 2.05) is 59.7 Å². The van der Waals surface area contributed by atoms with E-state index in [0.29, 0.717) is 5.75 Å². The Labute approximate surface area is 161 Å². The summed E-state index contributed by atoms with van der Waals surface area (Å²) in [4.78, 5) is 2.43. The molecule has 3 rings (SSSR count). The molecule has 0 aromatic heterocycles. The van der Waals surface area contributed by atoms with Crippen molar-refractivity contribution in [1.29, 1.82) is 0 Å². The first-order valence-corrected chi connectivity index (χ1v) is 10.1. The van der Waals surface area contributed by atoms with Gasteiger partial charge >= 0.3 is 0 Å². The van der Waals surface area contributed by atoms with E-state index in [4.69, 9.17) is 0 Å². The number of phenolic OH excluding ortho intramolecular Hbond substituents is 1. The molecular formula is C24H37NO. The predicted molar refractivity (Wildman–Crippen MR) is 117 cm³/mol. The highest BCUT2D eigenvalue weighted by atomic mass is 16.3. The second-order valence-corrected chi connectivity index (χ2v) is 5.25. The van der Waals surface area contributed by atoms with Crippen LogP contribution in [0.5, 0.6) is 5.75 Å². The van der Waals surface area contributed by atoms with Crippen molar-refractivity contribution in [3.05, 3.63) is 71.3 Å². The Morgan fingerprint density at radius 2 is 1.54 bits per heavy atom. The van der Waals surface area contributed by atoms with E-state index in [-0.39, 0.29) is 0 Å². The zero-order chi connectivity index (χ0) is 19.8. The molecule has 2 aromatic carbocycles. The van der Waals surface area contributed by atoms with E-state index >= 15 is 0 Å². The van der Waals surface area contributed by atoms with Crippen molar-refractivity contribution < 1.29 is 5.11 Å². The quantitative estimate of drug-likeness (QED) is 0.675. The lowest BCUT2D eigenvalue weighted by molar-refractivity contribution is 0.282. The van der Waals surface area contributed by atoms with Crippen LogP contribution in [-0.2, 0) is 13.0 Å². The first kappa shape index (κ1) is 23.9. The Bertz CT molecular complexity index is 605. The molecule has 1 N–H and O–H groups in total. The van der Waals surface area contributed by atoms with Crippen LogP contribution in [0.2, 0.25) is 0 Å². The van der Waals surface area contributed by atoms with Gasteiger partial charge in [-0.3, -0.25) is 4.90 Å². The van der Waals surface area contributed by atoms with Crippen LogP contribution in [0.25, 0.3) is 6.08 Å². The number of fused-ring (bicyclic) bond motifs is 1. The van der Waals surface area contributed by atoms with E-state index in [1.165, 1.54) is 16.7 Å². The van der Waals surface area contributed by atoms with E-state index in [1.54, 1.807) is 6.07 Å². The highest BCUT2D eigenvalue weighted by Gasteiger charge is 2.15. The molecule has 0 spiro atoms. The monoisotopic (exact) mass is 355 g/mol. The normalized spacial score (nSPS) is 12.5. The average Bonchev–Trinajstić information content (AvgIpc) is 2.73. The van der Waals surface area contributed by atoms with Crippen molar-refractivity contribution >= 4 is 6.08 Å².